The van der Waals surface area contributed by atoms with E-state index < -0.39 is 0 Å². The smallest absolute Gasteiger partial charge is 0.253 e. The Kier molecular flexibility index (Phi) is 5.36. The molecule has 24 heavy (non-hydrogen) atoms. The van der Waals surface area contributed by atoms with Crippen molar-refractivity contribution in [3.8, 4) is 0 Å². The maximum absolute atomic E-state index is 12.9. The quantitative estimate of drug-likeness (QED) is 0.831. The number of aromatic nitrogens is 1. The van der Waals surface area contributed by atoms with Crippen LogP contribution < -0.4 is 4.90 Å². The van der Waals surface area contributed by atoms with Crippen molar-refractivity contribution in [3.63, 3.8) is 0 Å². The van der Waals surface area contributed by atoms with Crippen LogP contribution in [0.15, 0.2) is 18.2 Å². The number of rotatable bonds is 3. The van der Waals surface area contributed by atoms with Gasteiger partial charge in [0.25, 0.3) is 5.91 Å². The number of hydrogen-bond acceptors (Lipinski definition) is 5. The predicted molar refractivity (Wildman–Crippen MR) is 94.2 cm³/mol. The van der Waals surface area contributed by atoms with Gasteiger partial charge in [0.05, 0.1) is 6.61 Å². The fourth-order valence-electron chi connectivity index (χ4n) is 3.52. The molecule has 6 nitrogen and oxygen atoms in total. The van der Waals surface area contributed by atoms with E-state index in [4.69, 9.17) is 4.74 Å². The molecule has 2 aliphatic heterocycles. The minimum absolute atomic E-state index is 0.137. The third-order valence-corrected chi connectivity index (χ3v) is 4.98. The zero-order chi connectivity index (χ0) is 17.1. The van der Waals surface area contributed by atoms with Crippen LogP contribution in [-0.4, -0.2) is 78.7 Å². The number of ether oxygens (including phenoxy) is 1. The average Bonchev–Trinajstić information content (AvgIpc) is 2.61. The summed E-state index contributed by atoms with van der Waals surface area (Å²) in [6.45, 7) is 11.8. The molecule has 1 aromatic rings. The molecule has 2 saturated heterocycles. The number of piperazine rings is 1. The molecule has 0 N–H and O–H groups in total. The summed E-state index contributed by atoms with van der Waals surface area (Å²) in [7, 11) is 0. The molecule has 2 fully saturated rings. The number of carbonyl (C=O) groups excluding carboxylic acids is 1. The molecule has 0 aliphatic carbocycles. The molecular formula is C18H28N4O2. The molecule has 0 saturated carbocycles. The maximum atomic E-state index is 12.9. The molecule has 0 aromatic carbocycles. The Morgan fingerprint density at radius 1 is 1.29 bits per heavy atom. The Morgan fingerprint density at radius 2 is 2.12 bits per heavy atom. The van der Waals surface area contributed by atoms with E-state index in [0.717, 1.165) is 44.2 Å². The molecule has 2 atom stereocenters. The summed E-state index contributed by atoms with van der Waals surface area (Å²) in [6.07, 6.45) is -0.315. The zero-order valence-electron chi connectivity index (χ0n) is 14.9. The molecule has 0 unspecified atom stereocenters. The molecule has 0 radical (unpaired) electrons. The number of carbonyl (C=O) groups is 1. The third kappa shape index (κ3) is 3.70. The fourth-order valence-corrected chi connectivity index (χ4v) is 3.52. The molecular weight excluding hydrogens is 304 g/mol. The van der Waals surface area contributed by atoms with E-state index in [1.54, 1.807) is 0 Å². The Hall–Kier alpha value is -1.66. The molecule has 6 heteroatoms. The van der Waals surface area contributed by atoms with Crippen molar-refractivity contribution in [2.45, 2.75) is 32.9 Å². The largest absolute Gasteiger partial charge is 0.366 e. The van der Waals surface area contributed by atoms with Crippen molar-refractivity contribution >= 4 is 11.7 Å². The van der Waals surface area contributed by atoms with Crippen LogP contribution >= 0.6 is 0 Å². The van der Waals surface area contributed by atoms with Crippen molar-refractivity contribution in [3.05, 3.63) is 23.9 Å². The molecule has 1 aromatic heterocycles. The topological polar surface area (TPSA) is 48.9 Å². The number of aryl methyl sites for hydroxylation is 1. The van der Waals surface area contributed by atoms with Gasteiger partial charge in [-0.25, -0.2) is 4.98 Å². The summed E-state index contributed by atoms with van der Waals surface area (Å²) < 4.78 is 5.74. The van der Waals surface area contributed by atoms with Gasteiger partial charge in [-0.3, -0.25) is 9.69 Å². The van der Waals surface area contributed by atoms with Crippen LogP contribution in [0.25, 0.3) is 0 Å². The lowest BCUT2D eigenvalue weighted by atomic mass is 10.1. The molecule has 1 amide bonds. The fraction of sp³-hybridized carbons (Fsp3) is 0.667. The number of hydrogen-bond donors (Lipinski definition) is 0. The molecule has 3 heterocycles. The molecule has 2 aliphatic rings. The van der Waals surface area contributed by atoms with E-state index in [-0.39, 0.29) is 18.1 Å². The summed E-state index contributed by atoms with van der Waals surface area (Å²) in [4.78, 5) is 24.0. The number of likely N-dealkylation sites (N-methyl/N-ethyl adjacent to an activating group) is 1. The van der Waals surface area contributed by atoms with Gasteiger partial charge in [0.1, 0.15) is 11.9 Å². The second-order valence-electron chi connectivity index (χ2n) is 6.72. The minimum atomic E-state index is -0.315. The standard InChI is InChI=1S/C18H28N4O2/c1-4-20-10-11-24-16(13-20)18(23)22-9-8-21(12-15(22)3)17-7-5-6-14(2)19-17/h5-7,15-16H,4,8-13H2,1-3H3/t15-,16-/m0/s1. The van der Waals surface area contributed by atoms with Gasteiger partial charge in [0.2, 0.25) is 0 Å². The summed E-state index contributed by atoms with van der Waals surface area (Å²) in [5, 5.41) is 0. The van der Waals surface area contributed by atoms with Crippen molar-refractivity contribution < 1.29 is 9.53 Å². The van der Waals surface area contributed by atoms with Crippen LogP contribution in [0.2, 0.25) is 0 Å². The van der Waals surface area contributed by atoms with Crippen LogP contribution in [0, 0.1) is 6.92 Å². The van der Waals surface area contributed by atoms with E-state index in [2.05, 4.69) is 28.6 Å². The van der Waals surface area contributed by atoms with Gasteiger partial charge in [-0.1, -0.05) is 13.0 Å². The number of morpholine rings is 1. The lowest BCUT2D eigenvalue weighted by Gasteiger charge is -2.43. The Morgan fingerprint density at radius 3 is 2.83 bits per heavy atom. The number of anilines is 1. The first-order valence-corrected chi connectivity index (χ1v) is 8.91. The Labute approximate surface area is 144 Å². The Balaban J connectivity index is 1.62. The van der Waals surface area contributed by atoms with Gasteiger partial charge < -0.3 is 14.5 Å². The second kappa shape index (κ2) is 7.49. The molecule has 3 rings (SSSR count). The summed E-state index contributed by atoms with van der Waals surface area (Å²) >= 11 is 0. The summed E-state index contributed by atoms with van der Waals surface area (Å²) in [5.41, 5.74) is 1.02. The lowest BCUT2D eigenvalue weighted by Crippen LogP contribution is -2.59. The SMILES string of the molecule is CCN1CCO[C@H](C(=O)N2CCN(c3cccc(C)n3)C[C@@H]2C)C1. The minimum Gasteiger partial charge on any atom is -0.366 e. The first-order chi connectivity index (χ1) is 11.6. The first-order valence-electron chi connectivity index (χ1n) is 8.91. The third-order valence-electron chi connectivity index (χ3n) is 4.98. The second-order valence-corrected chi connectivity index (χ2v) is 6.72. The van der Waals surface area contributed by atoms with Crippen molar-refractivity contribution in [1.29, 1.82) is 0 Å². The van der Waals surface area contributed by atoms with Crippen LogP contribution in [0.4, 0.5) is 5.82 Å². The average molecular weight is 332 g/mol. The van der Waals surface area contributed by atoms with Crippen LogP contribution in [0.1, 0.15) is 19.5 Å². The van der Waals surface area contributed by atoms with Crippen LogP contribution in [0.5, 0.6) is 0 Å². The monoisotopic (exact) mass is 332 g/mol. The first kappa shape index (κ1) is 17.2. The molecule has 132 valence electrons. The van der Waals surface area contributed by atoms with Crippen molar-refractivity contribution in [2.24, 2.45) is 0 Å². The van der Waals surface area contributed by atoms with Gasteiger partial charge in [-0.05, 0) is 32.5 Å². The maximum Gasteiger partial charge on any atom is 0.253 e. The number of pyridine rings is 1. The van der Waals surface area contributed by atoms with Gasteiger partial charge >= 0.3 is 0 Å². The number of amides is 1. The highest BCUT2D eigenvalue weighted by atomic mass is 16.5. The highest BCUT2D eigenvalue weighted by Gasteiger charge is 2.34. The molecule has 0 bridgehead atoms. The van der Waals surface area contributed by atoms with Gasteiger partial charge in [-0.2, -0.15) is 0 Å². The van der Waals surface area contributed by atoms with E-state index in [1.807, 2.05) is 30.0 Å². The van der Waals surface area contributed by atoms with Crippen LogP contribution in [0.3, 0.4) is 0 Å². The normalized spacial score (nSPS) is 25.8. The van der Waals surface area contributed by atoms with Gasteiger partial charge in [-0.15, -0.1) is 0 Å². The summed E-state index contributed by atoms with van der Waals surface area (Å²) in [5.74, 6) is 1.14. The van der Waals surface area contributed by atoms with Gasteiger partial charge in [0.15, 0.2) is 0 Å². The van der Waals surface area contributed by atoms with Crippen molar-refractivity contribution in [1.82, 2.24) is 14.8 Å². The zero-order valence-corrected chi connectivity index (χ0v) is 14.9. The van der Waals surface area contributed by atoms with Crippen LogP contribution in [-0.2, 0) is 9.53 Å². The highest BCUT2D eigenvalue weighted by Crippen LogP contribution is 2.19. The van der Waals surface area contributed by atoms with E-state index in [0.29, 0.717) is 13.2 Å². The van der Waals surface area contributed by atoms with E-state index in [1.165, 1.54) is 0 Å². The highest BCUT2D eigenvalue weighted by molar-refractivity contribution is 5.82. The van der Waals surface area contributed by atoms with E-state index in [9.17, 15) is 4.79 Å². The summed E-state index contributed by atoms with van der Waals surface area (Å²) in [6, 6.07) is 6.25. The lowest BCUT2D eigenvalue weighted by molar-refractivity contribution is -0.151. The Bertz CT molecular complexity index is 580. The molecule has 0 spiro atoms. The van der Waals surface area contributed by atoms with E-state index >= 15 is 0 Å². The van der Waals surface area contributed by atoms with Gasteiger partial charge in [0, 0.05) is 44.5 Å². The van der Waals surface area contributed by atoms with Crippen molar-refractivity contribution in [2.75, 3.05) is 50.8 Å². The predicted octanol–water partition coefficient (Wildman–Crippen LogP) is 1.15. The number of nitrogens with zero attached hydrogens (tertiary/aromatic N) is 4.